The molecule has 0 saturated heterocycles. The summed E-state index contributed by atoms with van der Waals surface area (Å²) in [6, 6.07) is 18.0. The third-order valence-corrected chi connectivity index (χ3v) is 5.31. The van der Waals surface area contributed by atoms with Crippen LogP contribution in [0.25, 0.3) is 22.5 Å². The molecule has 0 amide bonds. The van der Waals surface area contributed by atoms with E-state index in [1.54, 1.807) is 16.7 Å². The Bertz CT molecular complexity index is 976. The molecule has 1 unspecified atom stereocenters. The SMILES string of the molecule is CC(C)OC(c1cc(-c2ccccc2)n(C(Cl)(Cl)Cl)c1-c1ccc(F)cc1)C(C)C. The van der Waals surface area contributed by atoms with Crippen LogP contribution < -0.4 is 0 Å². The second-order valence-electron chi connectivity index (χ2n) is 7.86. The van der Waals surface area contributed by atoms with Crippen LogP contribution in [0.5, 0.6) is 0 Å². The smallest absolute Gasteiger partial charge is 0.272 e. The first-order valence-corrected chi connectivity index (χ1v) is 11.0. The first kappa shape index (κ1) is 23.1. The summed E-state index contributed by atoms with van der Waals surface area (Å²) in [7, 11) is 0. The first-order chi connectivity index (χ1) is 14.1. The monoisotopic (exact) mass is 467 g/mol. The van der Waals surface area contributed by atoms with Crippen LogP contribution in [0.15, 0.2) is 60.7 Å². The Labute approximate surface area is 192 Å². The zero-order valence-corrected chi connectivity index (χ0v) is 19.6. The third kappa shape index (κ3) is 5.03. The van der Waals surface area contributed by atoms with E-state index in [-0.39, 0.29) is 23.9 Å². The summed E-state index contributed by atoms with van der Waals surface area (Å²) in [5.41, 5.74) is 4.01. The van der Waals surface area contributed by atoms with Gasteiger partial charge in [-0.1, -0.05) is 79.0 Å². The van der Waals surface area contributed by atoms with Gasteiger partial charge in [0.25, 0.3) is 3.92 Å². The summed E-state index contributed by atoms with van der Waals surface area (Å²) in [4.78, 5) is 0. The number of nitrogens with zero attached hydrogens (tertiary/aromatic N) is 1. The van der Waals surface area contributed by atoms with E-state index in [9.17, 15) is 4.39 Å². The molecule has 2 aromatic carbocycles. The minimum Gasteiger partial charge on any atom is -0.371 e. The molecule has 0 fully saturated rings. The first-order valence-electron chi connectivity index (χ1n) is 9.89. The normalized spacial score (nSPS) is 13.3. The Kier molecular flexibility index (Phi) is 7.19. The van der Waals surface area contributed by atoms with Gasteiger partial charge in [-0.2, -0.15) is 0 Å². The highest BCUT2D eigenvalue weighted by Crippen LogP contribution is 2.47. The quantitative estimate of drug-likeness (QED) is 0.331. The molecule has 3 aromatic rings. The van der Waals surface area contributed by atoms with E-state index in [0.717, 1.165) is 22.4 Å². The van der Waals surface area contributed by atoms with Gasteiger partial charge in [0.2, 0.25) is 0 Å². The van der Waals surface area contributed by atoms with Crippen molar-refractivity contribution in [2.75, 3.05) is 0 Å². The topological polar surface area (TPSA) is 14.2 Å². The van der Waals surface area contributed by atoms with Gasteiger partial charge in [0, 0.05) is 5.56 Å². The fraction of sp³-hybridized carbons (Fsp3) is 0.333. The molecular weight excluding hydrogens is 444 g/mol. The Morgan fingerprint density at radius 3 is 1.97 bits per heavy atom. The molecule has 0 spiro atoms. The summed E-state index contributed by atoms with van der Waals surface area (Å²) in [5.74, 6) is -0.157. The lowest BCUT2D eigenvalue weighted by Crippen LogP contribution is -2.19. The van der Waals surface area contributed by atoms with E-state index in [1.165, 1.54) is 12.1 Å². The average Bonchev–Trinajstić information content (AvgIpc) is 3.08. The predicted octanol–water partition coefficient (Wildman–Crippen LogP) is 8.37. The van der Waals surface area contributed by atoms with E-state index in [4.69, 9.17) is 39.5 Å². The van der Waals surface area contributed by atoms with Crippen molar-refractivity contribution in [3.8, 4) is 22.5 Å². The van der Waals surface area contributed by atoms with E-state index in [2.05, 4.69) is 13.8 Å². The standard InChI is InChI=1S/C24H25Cl3FNO/c1-15(2)23(30-16(3)4)20-14-21(17-8-6-5-7-9-17)29(24(25,26)27)22(20)18-10-12-19(28)13-11-18/h5-16,23H,1-4H3. The van der Waals surface area contributed by atoms with Gasteiger partial charge in [-0.15, -0.1) is 0 Å². The van der Waals surface area contributed by atoms with E-state index >= 15 is 0 Å². The highest BCUT2D eigenvalue weighted by Gasteiger charge is 2.34. The van der Waals surface area contributed by atoms with Crippen molar-refractivity contribution in [3.63, 3.8) is 0 Å². The molecule has 0 saturated carbocycles. The Morgan fingerprint density at radius 1 is 0.867 bits per heavy atom. The van der Waals surface area contributed by atoms with Crippen LogP contribution in [0.3, 0.4) is 0 Å². The zero-order valence-electron chi connectivity index (χ0n) is 17.4. The van der Waals surface area contributed by atoms with Crippen LogP contribution in [-0.2, 0) is 8.65 Å². The maximum Gasteiger partial charge on any atom is 0.272 e. The molecule has 2 nitrogen and oxygen atoms in total. The minimum absolute atomic E-state index is 0.00903. The van der Waals surface area contributed by atoms with Gasteiger partial charge >= 0.3 is 0 Å². The Morgan fingerprint density at radius 2 is 1.47 bits per heavy atom. The molecule has 0 radical (unpaired) electrons. The number of benzene rings is 2. The van der Waals surface area contributed by atoms with Crippen molar-refractivity contribution in [3.05, 3.63) is 72.0 Å². The van der Waals surface area contributed by atoms with Crippen LogP contribution in [0.1, 0.15) is 39.4 Å². The molecule has 160 valence electrons. The minimum atomic E-state index is -1.76. The van der Waals surface area contributed by atoms with E-state index in [0.29, 0.717) is 5.69 Å². The maximum absolute atomic E-state index is 13.7. The number of rotatable bonds is 6. The van der Waals surface area contributed by atoms with Crippen molar-refractivity contribution < 1.29 is 9.13 Å². The second kappa shape index (κ2) is 9.32. The molecule has 0 N–H and O–H groups in total. The molecule has 6 heteroatoms. The summed E-state index contributed by atoms with van der Waals surface area (Å²) < 4.78 is 19.9. The van der Waals surface area contributed by atoms with Crippen molar-refractivity contribution >= 4 is 34.8 Å². The lowest BCUT2D eigenvalue weighted by Gasteiger charge is -2.26. The highest BCUT2D eigenvalue weighted by atomic mass is 35.6. The number of hydrogen-bond acceptors (Lipinski definition) is 1. The van der Waals surface area contributed by atoms with Crippen LogP contribution in [-0.4, -0.2) is 10.7 Å². The second-order valence-corrected chi connectivity index (χ2v) is 10.1. The van der Waals surface area contributed by atoms with Crippen LogP contribution in [0.4, 0.5) is 4.39 Å². The zero-order chi connectivity index (χ0) is 22.1. The van der Waals surface area contributed by atoms with Crippen molar-refractivity contribution in [1.29, 1.82) is 0 Å². The Balaban J connectivity index is 2.37. The largest absolute Gasteiger partial charge is 0.371 e. The fourth-order valence-electron chi connectivity index (χ4n) is 3.62. The predicted molar refractivity (Wildman–Crippen MR) is 125 cm³/mol. The number of alkyl halides is 3. The summed E-state index contributed by atoms with van der Waals surface area (Å²) in [6.45, 7) is 8.18. The van der Waals surface area contributed by atoms with Gasteiger partial charge < -0.3 is 4.74 Å². The van der Waals surface area contributed by atoms with Gasteiger partial charge in [0.1, 0.15) is 5.82 Å². The number of aromatic nitrogens is 1. The fourth-order valence-corrected chi connectivity index (χ4v) is 4.14. The van der Waals surface area contributed by atoms with Crippen LogP contribution in [0.2, 0.25) is 0 Å². The molecule has 3 rings (SSSR count). The van der Waals surface area contributed by atoms with Gasteiger partial charge in [-0.05, 0) is 61.2 Å². The molecule has 0 bridgehead atoms. The lowest BCUT2D eigenvalue weighted by atomic mass is 9.95. The van der Waals surface area contributed by atoms with Gasteiger partial charge in [0.05, 0.1) is 23.6 Å². The summed E-state index contributed by atoms with van der Waals surface area (Å²) in [5, 5.41) is 0. The van der Waals surface area contributed by atoms with Crippen LogP contribution in [0, 0.1) is 11.7 Å². The third-order valence-electron chi connectivity index (χ3n) is 4.80. The number of hydrogen-bond donors (Lipinski definition) is 0. The van der Waals surface area contributed by atoms with E-state index < -0.39 is 3.92 Å². The van der Waals surface area contributed by atoms with Crippen molar-refractivity contribution in [1.82, 2.24) is 4.57 Å². The molecule has 0 aliphatic heterocycles. The molecular formula is C24H25Cl3FNO. The number of ether oxygens (including phenoxy) is 1. The van der Waals surface area contributed by atoms with Crippen molar-refractivity contribution in [2.45, 2.75) is 43.8 Å². The summed E-state index contributed by atoms with van der Waals surface area (Å²) >= 11 is 19.4. The molecule has 0 aliphatic rings. The van der Waals surface area contributed by atoms with Crippen LogP contribution >= 0.6 is 34.8 Å². The highest BCUT2D eigenvalue weighted by molar-refractivity contribution is 6.65. The number of halogens is 4. The summed E-state index contributed by atoms with van der Waals surface area (Å²) in [6.07, 6.45) is -0.226. The molecule has 30 heavy (non-hydrogen) atoms. The molecule has 1 aromatic heterocycles. The van der Waals surface area contributed by atoms with Gasteiger partial charge in [0.15, 0.2) is 0 Å². The van der Waals surface area contributed by atoms with Gasteiger partial charge in [-0.3, -0.25) is 4.57 Å². The molecule has 1 atom stereocenters. The maximum atomic E-state index is 13.7. The molecule has 0 aliphatic carbocycles. The van der Waals surface area contributed by atoms with E-state index in [1.807, 2.05) is 50.2 Å². The average molecular weight is 469 g/mol. The van der Waals surface area contributed by atoms with Crippen molar-refractivity contribution in [2.24, 2.45) is 5.92 Å². The lowest BCUT2D eigenvalue weighted by molar-refractivity contribution is -0.0196. The van der Waals surface area contributed by atoms with Gasteiger partial charge in [-0.25, -0.2) is 4.39 Å². The Hall–Kier alpha value is -1.52. The molecule has 1 heterocycles.